The molecule has 6 aliphatic rings. The number of rotatable bonds is 27. The van der Waals surface area contributed by atoms with E-state index in [4.69, 9.17) is 59.0 Å². The van der Waals surface area contributed by atoms with Crippen LogP contribution < -0.4 is 15.0 Å². The molecule has 5 aliphatic heterocycles. The number of fused-ring (bicyclic) bond motifs is 4. The number of alkyl carbamates (subject to hydrolysis) is 1. The van der Waals surface area contributed by atoms with Gasteiger partial charge in [-0.25, -0.2) is 9.59 Å². The molecule has 30 nitrogen and oxygen atoms in total. The number of thioether (sulfide) groups is 4. The van der Waals surface area contributed by atoms with Crippen molar-refractivity contribution in [3.63, 3.8) is 0 Å². The highest BCUT2D eigenvalue weighted by atomic mass is 35.5. The number of nitrogens with zero attached hydrogens (tertiary/aromatic N) is 2. The number of benzene rings is 1. The second-order valence-corrected chi connectivity index (χ2v) is 34.7. The van der Waals surface area contributed by atoms with Crippen LogP contribution in [0.1, 0.15) is 117 Å². The van der Waals surface area contributed by atoms with Crippen molar-refractivity contribution in [3.8, 4) is 5.75 Å². The molecule has 3 amide bonds. The molecule has 5 heterocycles. The van der Waals surface area contributed by atoms with Crippen LogP contribution in [0.5, 0.6) is 5.75 Å². The maximum absolute atomic E-state index is 14.7. The minimum Gasteiger partial charge on any atom is -0.495 e. The number of methoxy groups -OCH3 is 2. The third-order valence-electron chi connectivity index (χ3n) is 21.2. The maximum Gasteiger partial charge on any atom is 0.408 e. The van der Waals surface area contributed by atoms with Crippen LogP contribution in [0.3, 0.4) is 0 Å². The van der Waals surface area contributed by atoms with Crippen LogP contribution >= 0.6 is 58.6 Å². The molecule has 0 radical (unpaired) electrons. The Labute approximate surface area is 648 Å². The lowest BCUT2D eigenvalue weighted by molar-refractivity contribution is -0.299. The monoisotopic (exact) mass is 1620 g/mol. The van der Waals surface area contributed by atoms with Gasteiger partial charge in [-0.3, -0.25) is 9.59 Å². The van der Waals surface area contributed by atoms with Gasteiger partial charge < -0.3 is 129 Å². The summed E-state index contributed by atoms with van der Waals surface area (Å²) < 4.78 is 58.7. The lowest BCUT2D eigenvalue weighted by Gasteiger charge is -2.48. The van der Waals surface area contributed by atoms with E-state index in [-0.39, 0.29) is 70.9 Å². The molecule has 1 saturated carbocycles. The maximum atomic E-state index is 14.7. The normalized spacial score (nSPS) is 37.9. The SMILES string of the molecule is COc1cc2cc(c1Cl)N(C)C(=O)CC(OC(=O)[C@H](C)N(C)C(=O)CCSC1CC(SCCOC3OC(CO)C(O)C(O)C3O)C(SCCOC3OC(CO)C(O)C(O)C3O)CCCCCCCC1SCCOC1OC(CO)C(O)C(O)C1O)CC(C)(O)[C@@H](C)[C@@]1(C)CC(NC(=O)O1)[C@@H](OC)/C=C/C=C(/C)C2. The molecule has 107 heavy (non-hydrogen) atoms. The zero-order chi connectivity index (χ0) is 78.6. The summed E-state index contributed by atoms with van der Waals surface area (Å²) in [4.78, 5) is 60.1. The third-order valence-corrected chi connectivity index (χ3v) is 27.4. The van der Waals surface area contributed by atoms with Crippen molar-refractivity contribution in [2.24, 2.45) is 5.92 Å². The zero-order valence-corrected chi connectivity index (χ0v) is 66.5. The Morgan fingerprint density at radius 2 is 1.18 bits per heavy atom. The molecule has 5 fully saturated rings. The number of halogens is 1. The number of hydrogen-bond donors (Lipinski definition) is 14. The summed E-state index contributed by atoms with van der Waals surface area (Å²) in [6.45, 7) is 6.45. The van der Waals surface area contributed by atoms with E-state index >= 15 is 0 Å². The van der Waals surface area contributed by atoms with Gasteiger partial charge in [-0.05, 0) is 71.1 Å². The van der Waals surface area contributed by atoms with Gasteiger partial charge in [0, 0.05) is 90.4 Å². The van der Waals surface area contributed by atoms with Gasteiger partial charge >= 0.3 is 12.1 Å². The van der Waals surface area contributed by atoms with Crippen molar-refractivity contribution in [1.82, 2.24) is 10.2 Å². The molecule has 0 spiro atoms. The quantitative estimate of drug-likeness (QED) is 0.0442. The molecule has 612 valence electrons. The number of amides is 3. The first-order valence-corrected chi connectivity index (χ1v) is 41.3. The first kappa shape index (κ1) is 91.3. The van der Waals surface area contributed by atoms with Gasteiger partial charge in [0.2, 0.25) is 11.8 Å². The van der Waals surface area contributed by atoms with Crippen LogP contribution in [0, 0.1) is 5.92 Å². The number of aliphatic hydroxyl groups is 13. The van der Waals surface area contributed by atoms with Gasteiger partial charge in [-0.2, -0.15) is 47.0 Å². The first-order valence-electron chi connectivity index (χ1n) is 36.7. The van der Waals surface area contributed by atoms with E-state index in [9.17, 15) is 85.6 Å². The van der Waals surface area contributed by atoms with E-state index in [2.05, 4.69) is 5.32 Å². The minimum absolute atomic E-state index is 0.0105. The van der Waals surface area contributed by atoms with E-state index in [1.165, 1.54) is 52.0 Å². The number of hydrogen-bond acceptors (Lipinski definition) is 31. The van der Waals surface area contributed by atoms with Gasteiger partial charge in [0.1, 0.15) is 102 Å². The number of likely N-dealkylation sites (N-methyl/N-ethyl adjacent to an activating group) is 1. The largest absolute Gasteiger partial charge is 0.495 e. The smallest absolute Gasteiger partial charge is 0.408 e. The Bertz CT molecular complexity index is 3010. The first-order chi connectivity index (χ1) is 50.8. The number of esters is 1. The standard InChI is InChI=1S/C72H116ClN3O27S4/c1-38-16-15-17-45(94-8)43-34-72(5,103-70(92)74-43)40(3)71(4,93)33-42(31-55(81)76(7)44-29-41(28-38)30-46(95-9)56(44)73)99-66(91)39(2)75(6)54(80)20-24-104-52-32-53(107-27-23-98-69-65(90)62(87)59(84)49(37-79)102-69)51(106-26-22-97-68-64(89)61(86)58(83)48(36-78)101-68)19-14-12-10-11-13-18-50(52)105-25-21-96-67-63(88)60(85)57(82)47(35-77)100-67/h15-17,29-30,39-40,42-43,45,47-53,57-65,67-69,77-79,82-90,93H,10-14,18-28,31-37H2,1-9H3,(H,74,92)/b17-15+,38-16-/t39-,40+,42?,43?,45-,47?,48?,49?,50?,51?,52?,53?,57?,58?,59?,60?,61?,62?,63?,64?,65?,67?,68?,69?,71?,72+/m0/s1. The number of ether oxygens (including phenoxy) is 10. The minimum atomic E-state index is -1.80. The fraction of sp³-hybridized carbons (Fsp3) is 0.806. The van der Waals surface area contributed by atoms with E-state index in [0.717, 1.165) is 49.7 Å². The Hall–Kier alpha value is -2.93. The number of nitrogens with one attached hydrogen (secondary N) is 1. The second-order valence-electron chi connectivity index (χ2n) is 28.9. The Morgan fingerprint density at radius 1 is 0.701 bits per heavy atom. The highest BCUT2D eigenvalue weighted by Gasteiger charge is 2.52. The molecule has 14 N–H and O–H groups in total. The molecule has 1 aromatic rings. The Kier molecular flexibility index (Phi) is 37.1. The molecule has 4 saturated heterocycles. The molecule has 0 aromatic heterocycles. The number of allylic oxidation sites excluding steroid dienone is 3. The molecule has 26 atom stereocenters. The molecule has 22 unspecified atom stereocenters. The van der Waals surface area contributed by atoms with Crippen LogP contribution in [-0.2, 0) is 63.4 Å². The van der Waals surface area contributed by atoms with Gasteiger partial charge in [0.25, 0.3) is 0 Å². The van der Waals surface area contributed by atoms with Gasteiger partial charge in [-0.15, -0.1) is 0 Å². The van der Waals surface area contributed by atoms with Crippen LogP contribution in [0.15, 0.2) is 35.9 Å². The summed E-state index contributed by atoms with van der Waals surface area (Å²) in [6.07, 6.45) is -13.3. The Balaban J connectivity index is 1.14. The summed E-state index contributed by atoms with van der Waals surface area (Å²) in [5, 5.41) is 140. The lowest BCUT2D eigenvalue weighted by atomic mass is 9.71. The van der Waals surface area contributed by atoms with Gasteiger partial charge in [-0.1, -0.05) is 74.4 Å². The molecule has 35 heteroatoms. The molecule has 7 rings (SSSR count). The number of aliphatic hydroxyl groups excluding tert-OH is 12. The summed E-state index contributed by atoms with van der Waals surface area (Å²) >= 11 is 13.3. The van der Waals surface area contributed by atoms with Crippen molar-refractivity contribution < 1.29 is 133 Å². The summed E-state index contributed by atoms with van der Waals surface area (Å²) in [5.74, 6) is -1.14. The van der Waals surface area contributed by atoms with Crippen molar-refractivity contribution in [2.75, 3.05) is 95.9 Å². The lowest BCUT2D eigenvalue weighted by Crippen LogP contribution is -2.61. The van der Waals surface area contributed by atoms with Crippen LogP contribution in [-0.4, -0.2) is 335 Å². The van der Waals surface area contributed by atoms with E-state index < -0.39 is 184 Å². The third kappa shape index (κ3) is 25.0. The fourth-order valence-electron chi connectivity index (χ4n) is 14.2. The fourth-order valence-corrected chi connectivity index (χ4v) is 20.4. The summed E-state index contributed by atoms with van der Waals surface area (Å²) in [6, 6.07) is 1.70. The van der Waals surface area contributed by atoms with Crippen LogP contribution in [0.2, 0.25) is 5.02 Å². The average Bonchev–Trinajstić information content (AvgIpc) is 1.05. The highest BCUT2D eigenvalue weighted by molar-refractivity contribution is 8.04. The predicted octanol–water partition coefficient (Wildman–Crippen LogP) is 1.95. The van der Waals surface area contributed by atoms with Crippen molar-refractivity contribution >= 4 is 88.2 Å². The van der Waals surface area contributed by atoms with E-state index in [0.29, 0.717) is 48.0 Å². The molecule has 1 aromatic carbocycles. The van der Waals surface area contributed by atoms with Crippen molar-refractivity contribution in [3.05, 3.63) is 46.5 Å². The van der Waals surface area contributed by atoms with Gasteiger partial charge in [0.15, 0.2) is 18.9 Å². The van der Waals surface area contributed by atoms with E-state index in [1.807, 2.05) is 25.2 Å². The van der Waals surface area contributed by atoms with Crippen molar-refractivity contribution in [1.29, 1.82) is 0 Å². The number of anilines is 1. The van der Waals surface area contributed by atoms with Crippen LogP contribution in [0.4, 0.5) is 10.5 Å². The zero-order valence-electron chi connectivity index (χ0n) is 62.4. The molecular formula is C72H116ClN3O27S4. The van der Waals surface area contributed by atoms with Crippen molar-refractivity contribution in [2.45, 2.75) is 267 Å². The molecular weight excluding hydrogens is 1500 g/mol. The predicted molar refractivity (Wildman–Crippen MR) is 402 cm³/mol. The molecule has 1 aliphatic carbocycles. The topological polar surface area (TPSA) is 442 Å². The molecule has 4 bridgehead atoms. The van der Waals surface area contributed by atoms with E-state index in [1.54, 1.807) is 73.0 Å². The summed E-state index contributed by atoms with van der Waals surface area (Å²) in [7, 11) is 5.98. The number of carbonyl (C=O) groups excluding carboxylic acids is 4. The van der Waals surface area contributed by atoms with Gasteiger partial charge in [0.05, 0.1) is 76.6 Å². The second kappa shape index (κ2) is 43.5. The highest BCUT2D eigenvalue weighted by Crippen LogP contribution is 2.44. The Morgan fingerprint density at radius 3 is 1.65 bits per heavy atom. The summed E-state index contributed by atoms with van der Waals surface area (Å²) in [5.41, 5.74) is -1.13. The average molecular weight is 1620 g/mol. The van der Waals surface area contributed by atoms with Crippen LogP contribution in [0.25, 0.3) is 0 Å². The number of carbonyl (C=O) groups is 4.